The molecule has 0 saturated heterocycles. The molecule has 0 heterocycles. The van der Waals surface area contributed by atoms with Crippen molar-refractivity contribution in [3.63, 3.8) is 0 Å². The molecule has 0 spiro atoms. The topological polar surface area (TPSA) is 62.4 Å². The summed E-state index contributed by atoms with van der Waals surface area (Å²) in [6.07, 6.45) is 15.7. The minimum Gasteiger partial charge on any atom is -0.356 e. The van der Waals surface area contributed by atoms with Gasteiger partial charge in [0.05, 0.1) is 6.04 Å². The summed E-state index contributed by atoms with van der Waals surface area (Å²) < 4.78 is 0. The smallest absolute Gasteiger partial charge is 0.191 e. The van der Waals surface area contributed by atoms with Gasteiger partial charge in [-0.25, -0.2) is 4.99 Å². The normalized spacial score (nSPS) is 22.2. The highest BCUT2D eigenvalue weighted by Crippen LogP contribution is 2.28. The van der Waals surface area contributed by atoms with Crippen LogP contribution in [0.4, 0.5) is 0 Å². The predicted octanol–water partition coefficient (Wildman–Crippen LogP) is 4.59. The zero-order chi connectivity index (χ0) is 18.8. The van der Waals surface area contributed by atoms with E-state index in [1.54, 1.807) is 0 Å². The van der Waals surface area contributed by atoms with Crippen LogP contribution in [-0.4, -0.2) is 31.1 Å². The van der Waals surface area contributed by atoms with Gasteiger partial charge in [-0.2, -0.15) is 0 Å². The summed E-state index contributed by atoms with van der Waals surface area (Å²) in [5.74, 6) is 1.67. The maximum atomic E-state index is 5.82. The summed E-state index contributed by atoms with van der Waals surface area (Å²) in [5.41, 5.74) is 6.15. The van der Waals surface area contributed by atoms with E-state index in [1.807, 2.05) is 0 Å². The van der Waals surface area contributed by atoms with Crippen molar-refractivity contribution in [2.75, 3.05) is 13.1 Å². The fraction of sp³-hybridized carbons (Fsp3) is 0.955. The molecule has 0 aliphatic heterocycles. The third-order valence-electron chi connectivity index (χ3n) is 6.23. The van der Waals surface area contributed by atoms with Crippen molar-refractivity contribution >= 4 is 5.96 Å². The largest absolute Gasteiger partial charge is 0.356 e. The van der Waals surface area contributed by atoms with Gasteiger partial charge in [0.1, 0.15) is 0 Å². The third kappa shape index (κ3) is 8.28. The molecule has 0 bridgehead atoms. The van der Waals surface area contributed by atoms with Gasteiger partial charge in [-0.3, -0.25) is 0 Å². The van der Waals surface area contributed by atoms with Crippen molar-refractivity contribution in [1.82, 2.24) is 10.6 Å². The molecule has 2 aliphatic carbocycles. The molecule has 2 fully saturated rings. The van der Waals surface area contributed by atoms with E-state index in [2.05, 4.69) is 31.4 Å². The van der Waals surface area contributed by atoms with E-state index in [4.69, 9.17) is 10.7 Å². The lowest BCUT2D eigenvalue weighted by atomic mass is 9.80. The lowest BCUT2D eigenvalue weighted by Gasteiger charge is -2.30. The summed E-state index contributed by atoms with van der Waals surface area (Å²) in [7, 11) is 0. The van der Waals surface area contributed by atoms with Gasteiger partial charge in [-0.15, -0.1) is 0 Å². The third-order valence-corrected chi connectivity index (χ3v) is 6.23. The molecule has 1 unspecified atom stereocenters. The van der Waals surface area contributed by atoms with Crippen LogP contribution in [0, 0.1) is 11.3 Å². The van der Waals surface area contributed by atoms with Gasteiger partial charge in [-0.1, -0.05) is 59.3 Å². The maximum Gasteiger partial charge on any atom is 0.191 e. The Balaban J connectivity index is 1.86. The number of rotatable bonds is 8. The van der Waals surface area contributed by atoms with Crippen LogP contribution >= 0.6 is 0 Å². The van der Waals surface area contributed by atoms with Crippen molar-refractivity contribution in [3.8, 4) is 0 Å². The summed E-state index contributed by atoms with van der Waals surface area (Å²) in [5, 5.41) is 7.43. The van der Waals surface area contributed by atoms with Crippen LogP contribution in [0.5, 0.6) is 0 Å². The number of nitrogens with two attached hydrogens (primary N) is 1. The first-order valence-corrected chi connectivity index (χ1v) is 11.3. The molecular formula is C22H44N4. The van der Waals surface area contributed by atoms with Crippen LogP contribution in [0.1, 0.15) is 97.8 Å². The van der Waals surface area contributed by atoms with Crippen molar-refractivity contribution in [1.29, 1.82) is 0 Å². The first-order valence-electron chi connectivity index (χ1n) is 11.3. The molecule has 2 rings (SSSR count). The minimum absolute atomic E-state index is 0.326. The van der Waals surface area contributed by atoms with Crippen LogP contribution < -0.4 is 16.4 Å². The average molecular weight is 365 g/mol. The van der Waals surface area contributed by atoms with E-state index in [0.717, 1.165) is 25.5 Å². The summed E-state index contributed by atoms with van der Waals surface area (Å²) in [6.45, 7) is 8.78. The molecule has 4 nitrogen and oxygen atoms in total. The number of aliphatic imine (C=N–C) groups is 1. The Bertz CT molecular complexity index is 406. The molecule has 0 radical (unpaired) electrons. The predicted molar refractivity (Wildman–Crippen MR) is 114 cm³/mol. The molecule has 2 aliphatic rings. The van der Waals surface area contributed by atoms with E-state index in [-0.39, 0.29) is 0 Å². The van der Waals surface area contributed by atoms with Crippen LogP contribution in [-0.2, 0) is 0 Å². The zero-order valence-corrected chi connectivity index (χ0v) is 17.7. The van der Waals surface area contributed by atoms with E-state index < -0.39 is 0 Å². The highest BCUT2D eigenvalue weighted by atomic mass is 15.2. The lowest BCUT2D eigenvalue weighted by molar-refractivity contribution is 0.260. The molecule has 1 atom stereocenters. The molecule has 4 heteroatoms. The molecule has 26 heavy (non-hydrogen) atoms. The molecule has 0 aromatic carbocycles. The van der Waals surface area contributed by atoms with Crippen LogP contribution in [0.25, 0.3) is 0 Å². The van der Waals surface area contributed by atoms with Crippen LogP contribution in [0.3, 0.4) is 0 Å². The highest BCUT2D eigenvalue weighted by molar-refractivity contribution is 5.80. The second-order valence-corrected chi connectivity index (χ2v) is 9.63. The Labute approximate surface area is 162 Å². The Hall–Kier alpha value is -0.770. The lowest BCUT2D eigenvalue weighted by Crippen LogP contribution is -2.45. The van der Waals surface area contributed by atoms with Gasteiger partial charge in [0.15, 0.2) is 5.96 Å². The minimum atomic E-state index is 0.326. The Morgan fingerprint density at radius 3 is 2.27 bits per heavy atom. The van der Waals surface area contributed by atoms with Crippen molar-refractivity contribution in [3.05, 3.63) is 0 Å². The molecule has 0 aromatic heterocycles. The molecule has 2 saturated carbocycles. The Morgan fingerprint density at radius 1 is 1.04 bits per heavy atom. The second kappa shape index (κ2) is 11.2. The summed E-state index contributed by atoms with van der Waals surface area (Å²) >= 11 is 0. The quantitative estimate of drug-likeness (QED) is 0.436. The average Bonchev–Trinajstić information content (AvgIpc) is 2.62. The van der Waals surface area contributed by atoms with Gasteiger partial charge in [0.25, 0.3) is 0 Å². The standard InChI is InChI=1S/C22H44N4/c1-18(17-23)16-22(2,3)14-15-24-21(25-19-10-6-4-7-11-19)26-20-12-8-5-9-13-20/h18-20H,4-17,23H2,1-3H3,(H2,24,25,26). The highest BCUT2D eigenvalue weighted by Gasteiger charge is 2.21. The first kappa shape index (κ1) is 21.5. The number of guanidine groups is 1. The monoisotopic (exact) mass is 364 g/mol. The number of hydrogen-bond acceptors (Lipinski definition) is 2. The molecule has 0 aromatic rings. The van der Waals surface area contributed by atoms with E-state index in [0.29, 0.717) is 23.4 Å². The summed E-state index contributed by atoms with van der Waals surface area (Å²) in [6, 6.07) is 1.14. The van der Waals surface area contributed by atoms with Crippen LogP contribution in [0.15, 0.2) is 4.99 Å². The van der Waals surface area contributed by atoms with Crippen molar-refractivity contribution in [2.45, 2.75) is 110 Å². The van der Waals surface area contributed by atoms with E-state index >= 15 is 0 Å². The van der Waals surface area contributed by atoms with Gasteiger partial charge in [0.2, 0.25) is 0 Å². The van der Waals surface area contributed by atoms with Gasteiger partial charge in [-0.05, 0) is 56.4 Å². The zero-order valence-electron chi connectivity index (χ0n) is 17.7. The molecule has 152 valence electrons. The number of nitrogens with one attached hydrogen (secondary N) is 2. The SMILES string of the molecule is CC(CN)CC(C)(C)CCNC(=NC1CCCCC1)NC1CCCCC1. The van der Waals surface area contributed by atoms with Gasteiger partial charge < -0.3 is 16.4 Å². The Morgan fingerprint density at radius 2 is 1.65 bits per heavy atom. The Kier molecular flexibility index (Phi) is 9.24. The van der Waals surface area contributed by atoms with E-state index in [1.165, 1.54) is 70.6 Å². The molecule has 0 amide bonds. The van der Waals surface area contributed by atoms with Crippen LogP contribution in [0.2, 0.25) is 0 Å². The van der Waals surface area contributed by atoms with E-state index in [9.17, 15) is 0 Å². The number of hydrogen-bond donors (Lipinski definition) is 3. The molecular weight excluding hydrogens is 320 g/mol. The fourth-order valence-corrected chi connectivity index (χ4v) is 4.61. The van der Waals surface area contributed by atoms with Crippen molar-refractivity contribution < 1.29 is 0 Å². The molecule has 4 N–H and O–H groups in total. The number of nitrogens with zero attached hydrogens (tertiary/aromatic N) is 1. The van der Waals surface area contributed by atoms with Gasteiger partial charge >= 0.3 is 0 Å². The maximum absolute atomic E-state index is 5.82. The van der Waals surface area contributed by atoms with Crippen molar-refractivity contribution in [2.24, 2.45) is 22.1 Å². The fourth-order valence-electron chi connectivity index (χ4n) is 4.61. The second-order valence-electron chi connectivity index (χ2n) is 9.63. The first-order chi connectivity index (χ1) is 12.5. The summed E-state index contributed by atoms with van der Waals surface area (Å²) in [4.78, 5) is 5.10. The van der Waals surface area contributed by atoms with Gasteiger partial charge in [0, 0.05) is 12.6 Å².